The maximum Gasteiger partial charge on any atom is 0.232 e. The number of aryl methyl sites for hydroxylation is 1. The summed E-state index contributed by atoms with van der Waals surface area (Å²) in [5, 5.41) is 6.09. The predicted octanol–water partition coefficient (Wildman–Crippen LogP) is 3.46. The van der Waals surface area contributed by atoms with Gasteiger partial charge in [0.05, 0.1) is 29.3 Å². The molecule has 1 aliphatic heterocycles. The van der Waals surface area contributed by atoms with Crippen LogP contribution in [0.25, 0.3) is 22.1 Å². The van der Waals surface area contributed by atoms with Crippen LogP contribution in [0.2, 0.25) is 5.02 Å². The number of carbonyl (C=O) groups is 1. The number of hydrogen-bond donors (Lipinski definition) is 0. The van der Waals surface area contributed by atoms with Crippen molar-refractivity contribution in [1.29, 1.82) is 0 Å². The van der Waals surface area contributed by atoms with E-state index >= 15 is 0 Å². The van der Waals surface area contributed by atoms with Gasteiger partial charge in [-0.15, -0.1) is 0 Å². The smallest absolute Gasteiger partial charge is 0.232 e. The van der Waals surface area contributed by atoms with Gasteiger partial charge in [-0.05, 0) is 30.5 Å². The Bertz CT molecular complexity index is 1130. The fraction of sp³-hybridized carbons (Fsp3) is 0.222. The third-order valence-corrected chi connectivity index (χ3v) is 4.92. The molecule has 7 heteroatoms. The molecule has 0 saturated heterocycles. The van der Waals surface area contributed by atoms with Crippen LogP contribution < -0.4 is 0 Å². The van der Waals surface area contributed by atoms with Crippen LogP contribution in [0, 0.1) is 0 Å². The Labute approximate surface area is 148 Å². The summed E-state index contributed by atoms with van der Waals surface area (Å²) in [7, 11) is 0. The van der Waals surface area contributed by atoms with Crippen LogP contribution in [0.15, 0.2) is 36.8 Å². The van der Waals surface area contributed by atoms with E-state index in [1.165, 1.54) is 0 Å². The topological polar surface area (TPSA) is 65.6 Å². The van der Waals surface area contributed by atoms with Gasteiger partial charge in [0, 0.05) is 11.4 Å². The lowest BCUT2D eigenvalue weighted by Gasteiger charge is -2.06. The first-order chi connectivity index (χ1) is 12.2. The van der Waals surface area contributed by atoms with Crippen molar-refractivity contribution in [1.82, 2.24) is 24.3 Å². The van der Waals surface area contributed by atoms with Gasteiger partial charge in [0.2, 0.25) is 5.91 Å². The highest BCUT2D eigenvalue weighted by molar-refractivity contribution is 6.30. The highest BCUT2D eigenvalue weighted by Crippen LogP contribution is 2.29. The van der Waals surface area contributed by atoms with Gasteiger partial charge in [-0.2, -0.15) is 5.10 Å². The lowest BCUT2D eigenvalue weighted by Crippen LogP contribution is -2.07. The molecule has 124 valence electrons. The van der Waals surface area contributed by atoms with E-state index in [1.54, 1.807) is 17.1 Å². The lowest BCUT2D eigenvalue weighted by molar-refractivity contribution is 0.0907. The Morgan fingerprint density at radius 2 is 2.00 bits per heavy atom. The Hall–Kier alpha value is -2.73. The number of pyridine rings is 1. The molecule has 0 unspecified atom stereocenters. The van der Waals surface area contributed by atoms with Gasteiger partial charge >= 0.3 is 0 Å². The molecule has 0 spiro atoms. The predicted molar refractivity (Wildman–Crippen MR) is 94.9 cm³/mol. The van der Waals surface area contributed by atoms with Gasteiger partial charge in [0.25, 0.3) is 0 Å². The summed E-state index contributed by atoms with van der Waals surface area (Å²) >= 11 is 5.96. The molecule has 1 aliphatic rings. The Morgan fingerprint density at radius 3 is 2.84 bits per heavy atom. The Morgan fingerprint density at radius 1 is 1.16 bits per heavy atom. The fourth-order valence-corrected chi connectivity index (χ4v) is 3.56. The first-order valence-corrected chi connectivity index (χ1v) is 8.57. The summed E-state index contributed by atoms with van der Waals surface area (Å²) in [6.07, 6.45) is 5.49. The van der Waals surface area contributed by atoms with Crippen LogP contribution in [-0.2, 0) is 13.0 Å². The third kappa shape index (κ3) is 2.25. The number of fused-ring (bicyclic) bond motifs is 2. The van der Waals surface area contributed by atoms with Gasteiger partial charge in [-0.25, -0.2) is 14.6 Å². The molecule has 0 saturated carbocycles. The minimum absolute atomic E-state index is 0.0796. The van der Waals surface area contributed by atoms with Crippen LogP contribution in [0.5, 0.6) is 0 Å². The molecule has 1 aromatic carbocycles. The number of benzene rings is 1. The van der Waals surface area contributed by atoms with Crippen LogP contribution in [-0.4, -0.2) is 30.2 Å². The number of halogens is 1. The summed E-state index contributed by atoms with van der Waals surface area (Å²) in [4.78, 5) is 21.5. The maximum atomic E-state index is 12.2. The second kappa shape index (κ2) is 5.39. The van der Waals surface area contributed by atoms with Gasteiger partial charge in [0.15, 0.2) is 5.65 Å². The van der Waals surface area contributed by atoms with E-state index in [4.69, 9.17) is 16.6 Å². The van der Waals surface area contributed by atoms with Crippen molar-refractivity contribution < 1.29 is 4.79 Å². The standard InChI is InChI=1S/C18H14ClN5O/c19-12-6-4-11(5-7-12)9-24-18-13(8-21-24)16-17-14(22-18)2-1-3-15(25)23(17)10-20-16/h4-8,10H,1-3,9H2. The zero-order valence-electron chi connectivity index (χ0n) is 13.3. The van der Waals surface area contributed by atoms with Crippen molar-refractivity contribution in [2.45, 2.75) is 25.8 Å². The molecule has 25 heavy (non-hydrogen) atoms. The lowest BCUT2D eigenvalue weighted by atomic mass is 10.1. The van der Waals surface area contributed by atoms with Crippen molar-refractivity contribution in [2.75, 3.05) is 0 Å². The van der Waals surface area contributed by atoms with Crippen LogP contribution >= 0.6 is 11.6 Å². The zero-order valence-corrected chi connectivity index (χ0v) is 14.1. The third-order valence-electron chi connectivity index (χ3n) is 4.67. The zero-order chi connectivity index (χ0) is 17.0. The van der Waals surface area contributed by atoms with E-state index < -0.39 is 0 Å². The summed E-state index contributed by atoms with van der Waals surface area (Å²) in [5.41, 5.74) is 4.46. The molecule has 0 fully saturated rings. The van der Waals surface area contributed by atoms with E-state index in [0.717, 1.165) is 46.2 Å². The molecule has 0 atom stereocenters. The molecule has 0 radical (unpaired) electrons. The first kappa shape index (κ1) is 14.6. The molecule has 3 aromatic heterocycles. The summed E-state index contributed by atoms with van der Waals surface area (Å²) in [5.74, 6) is 0.0796. The molecule has 0 amide bonds. The molecule has 4 heterocycles. The normalized spacial score (nSPS) is 14.4. The van der Waals surface area contributed by atoms with E-state index in [2.05, 4.69) is 10.1 Å². The average molecular weight is 352 g/mol. The number of nitrogens with zero attached hydrogens (tertiary/aromatic N) is 5. The van der Waals surface area contributed by atoms with Crippen molar-refractivity contribution in [3.05, 3.63) is 53.1 Å². The fourth-order valence-electron chi connectivity index (χ4n) is 3.44. The van der Waals surface area contributed by atoms with E-state index in [9.17, 15) is 4.79 Å². The monoisotopic (exact) mass is 351 g/mol. The number of aromatic nitrogens is 5. The molecule has 0 aliphatic carbocycles. The Balaban J connectivity index is 1.69. The summed E-state index contributed by atoms with van der Waals surface area (Å²) in [6.45, 7) is 0.609. The average Bonchev–Trinajstić information content (AvgIpc) is 3.17. The number of carbonyl (C=O) groups excluding carboxylic acids is 1. The highest BCUT2D eigenvalue weighted by Gasteiger charge is 2.22. The number of rotatable bonds is 2. The second-order valence-electron chi connectivity index (χ2n) is 6.28. The number of hydrogen-bond acceptors (Lipinski definition) is 4. The molecule has 5 rings (SSSR count). The van der Waals surface area contributed by atoms with Crippen molar-refractivity contribution in [3.63, 3.8) is 0 Å². The largest absolute Gasteiger partial charge is 0.274 e. The maximum absolute atomic E-state index is 12.2. The van der Waals surface area contributed by atoms with Crippen molar-refractivity contribution in [3.8, 4) is 0 Å². The van der Waals surface area contributed by atoms with Crippen molar-refractivity contribution >= 4 is 39.6 Å². The minimum atomic E-state index is 0.0796. The molecular formula is C18H14ClN5O. The summed E-state index contributed by atoms with van der Waals surface area (Å²) < 4.78 is 3.51. The SMILES string of the molecule is O=C1CCCc2nc3c(cnn3Cc3ccc(Cl)cc3)c3ncn1c23. The summed E-state index contributed by atoms with van der Waals surface area (Å²) in [6, 6.07) is 7.71. The first-order valence-electron chi connectivity index (χ1n) is 8.20. The number of imidazole rings is 1. The minimum Gasteiger partial charge on any atom is -0.274 e. The molecule has 4 aromatic rings. The molecule has 0 N–H and O–H groups in total. The highest BCUT2D eigenvalue weighted by atomic mass is 35.5. The van der Waals surface area contributed by atoms with Crippen LogP contribution in [0.3, 0.4) is 0 Å². The van der Waals surface area contributed by atoms with E-state index in [0.29, 0.717) is 18.0 Å². The van der Waals surface area contributed by atoms with Crippen LogP contribution in [0.1, 0.15) is 28.9 Å². The van der Waals surface area contributed by atoms with E-state index in [1.807, 2.05) is 28.9 Å². The second-order valence-corrected chi connectivity index (χ2v) is 6.72. The molecule has 0 bridgehead atoms. The van der Waals surface area contributed by atoms with Crippen molar-refractivity contribution in [2.24, 2.45) is 0 Å². The molecule has 6 nitrogen and oxygen atoms in total. The Kier molecular flexibility index (Phi) is 3.15. The van der Waals surface area contributed by atoms with E-state index in [-0.39, 0.29) is 5.91 Å². The van der Waals surface area contributed by atoms with Gasteiger partial charge in [-0.3, -0.25) is 9.36 Å². The molecular weight excluding hydrogens is 338 g/mol. The van der Waals surface area contributed by atoms with Crippen LogP contribution in [0.4, 0.5) is 0 Å². The van der Waals surface area contributed by atoms with Gasteiger partial charge in [0.1, 0.15) is 11.8 Å². The van der Waals surface area contributed by atoms with Gasteiger partial charge < -0.3 is 0 Å². The quantitative estimate of drug-likeness (QED) is 0.554. The van der Waals surface area contributed by atoms with Gasteiger partial charge in [-0.1, -0.05) is 23.7 Å².